The molecule has 0 radical (unpaired) electrons. The number of amides is 2. The van der Waals surface area contributed by atoms with E-state index in [0.717, 1.165) is 30.4 Å². The number of carbonyl (C=O) groups is 3. The molecule has 2 atom stereocenters. The van der Waals surface area contributed by atoms with Crippen LogP contribution in [0.4, 0.5) is 22.7 Å². The van der Waals surface area contributed by atoms with E-state index in [2.05, 4.69) is 60.7 Å². The van der Waals surface area contributed by atoms with Gasteiger partial charge in [0.25, 0.3) is 5.91 Å². The summed E-state index contributed by atoms with van der Waals surface area (Å²) in [4.78, 5) is 46.1. The monoisotopic (exact) mass is 741 g/mol. The van der Waals surface area contributed by atoms with Crippen molar-refractivity contribution in [1.29, 1.82) is 0 Å². The number of aromatic amines is 1. The molecule has 1 aromatic heterocycles. The number of Topliss-reactive ketones (excluding diaryl/α,β-unsaturated/α-hetero) is 1. The summed E-state index contributed by atoms with van der Waals surface area (Å²) in [6.07, 6.45) is 6.97. The van der Waals surface area contributed by atoms with E-state index in [9.17, 15) is 14.4 Å². The van der Waals surface area contributed by atoms with Gasteiger partial charge in [0.15, 0.2) is 17.3 Å². The number of ketones is 1. The predicted molar refractivity (Wildman–Crippen MR) is 222 cm³/mol. The highest BCUT2D eigenvalue weighted by Gasteiger charge is 2.19. The Morgan fingerprint density at radius 2 is 1.56 bits per heavy atom. The molecule has 0 spiro atoms. The van der Waals surface area contributed by atoms with Crippen molar-refractivity contribution >= 4 is 46.6 Å². The van der Waals surface area contributed by atoms with Gasteiger partial charge >= 0.3 is 0 Å². The number of H-pyrrole nitrogens is 1. The summed E-state index contributed by atoms with van der Waals surface area (Å²) in [7, 11) is 1.52. The normalized spacial score (nSPS) is 12.2. The number of carbonyl (C=O) groups excluding carboxylic acids is 3. The summed E-state index contributed by atoms with van der Waals surface area (Å²) >= 11 is 0. The first-order valence-corrected chi connectivity index (χ1v) is 18.8. The summed E-state index contributed by atoms with van der Waals surface area (Å²) < 4.78 is 11.7. The molecule has 4 aromatic carbocycles. The molecule has 0 aliphatic heterocycles. The Hall–Kier alpha value is -6.16. The van der Waals surface area contributed by atoms with E-state index >= 15 is 0 Å². The molecule has 55 heavy (non-hydrogen) atoms. The Morgan fingerprint density at radius 1 is 0.873 bits per heavy atom. The molecular weight excluding hydrogens is 691 g/mol. The molecule has 0 fully saturated rings. The van der Waals surface area contributed by atoms with Gasteiger partial charge in [-0.1, -0.05) is 75.7 Å². The second-order valence-corrected chi connectivity index (χ2v) is 13.7. The number of benzene rings is 4. The highest BCUT2D eigenvalue weighted by molar-refractivity contribution is 6.04. The SMILES string of the molecule is CCc1ccccc1CC(C=Nc1cc(OCCCC(=O)Nc2c[nH]c(C(=O)Nc3ccc(-c4ccc(N)cc4)cc3)c2)c(OC)cc1C(C)=O)[C@H](C)CC. The first-order valence-electron chi connectivity index (χ1n) is 18.8. The zero-order valence-electron chi connectivity index (χ0n) is 32.3. The van der Waals surface area contributed by atoms with Crippen molar-refractivity contribution in [3.63, 3.8) is 0 Å². The molecule has 5 rings (SSSR count). The van der Waals surface area contributed by atoms with Gasteiger partial charge in [0.1, 0.15) is 5.69 Å². The average Bonchev–Trinajstić information content (AvgIpc) is 3.67. The van der Waals surface area contributed by atoms with E-state index in [-0.39, 0.29) is 36.5 Å². The van der Waals surface area contributed by atoms with E-state index < -0.39 is 0 Å². The van der Waals surface area contributed by atoms with Crippen LogP contribution in [0, 0.1) is 11.8 Å². The molecule has 0 saturated heterocycles. The van der Waals surface area contributed by atoms with Gasteiger partial charge < -0.3 is 30.8 Å². The van der Waals surface area contributed by atoms with E-state index in [1.807, 2.05) is 54.7 Å². The number of aliphatic imine (C=N–C) groups is 1. The Labute approximate surface area is 323 Å². The Bertz CT molecular complexity index is 2100. The van der Waals surface area contributed by atoms with E-state index in [4.69, 9.17) is 20.2 Å². The van der Waals surface area contributed by atoms with Crippen LogP contribution in [0.2, 0.25) is 0 Å². The number of aromatic nitrogens is 1. The Balaban J connectivity index is 1.16. The average molecular weight is 742 g/mol. The third-order valence-corrected chi connectivity index (χ3v) is 9.80. The molecule has 286 valence electrons. The largest absolute Gasteiger partial charge is 0.493 e. The van der Waals surface area contributed by atoms with Crippen molar-refractivity contribution in [1.82, 2.24) is 4.98 Å². The Morgan fingerprint density at radius 3 is 2.22 bits per heavy atom. The van der Waals surface area contributed by atoms with Gasteiger partial charge in [-0.05, 0) is 90.8 Å². The van der Waals surface area contributed by atoms with Crippen LogP contribution < -0.4 is 25.8 Å². The van der Waals surface area contributed by atoms with Crippen molar-refractivity contribution in [2.24, 2.45) is 16.8 Å². The number of aryl methyl sites for hydroxylation is 1. The van der Waals surface area contributed by atoms with Crippen molar-refractivity contribution < 1.29 is 23.9 Å². The smallest absolute Gasteiger partial charge is 0.272 e. The summed E-state index contributed by atoms with van der Waals surface area (Å²) in [5.41, 5.74) is 13.5. The van der Waals surface area contributed by atoms with Crippen LogP contribution in [0.3, 0.4) is 0 Å². The van der Waals surface area contributed by atoms with Crippen LogP contribution >= 0.6 is 0 Å². The lowest BCUT2D eigenvalue weighted by atomic mass is 9.85. The molecule has 5 aromatic rings. The van der Waals surface area contributed by atoms with Gasteiger partial charge in [-0.15, -0.1) is 0 Å². The number of nitrogens with one attached hydrogen (secondary N) is 3. The number of rotatable bonds is 18. The number of anilines is 3. The van der Waals surface area contributed by atoms with Gasteiger partial charge in [0, 0.05) is 47.8 Å². The molecule has 0 aliphatic rings. The van der Waals surface area contributed by atoms with Gasteiger partial charge in [-0.2, -0.15) is 0 Å². The summed E-state index contributed by atoms with van der Waals surface area (Å²) in [5.74, 6) is 0.732. The molecule has 1 unspecified atom stereocenters. The van der Waals surface area contributed by atoms with Crippen LogP contribution in [0.5, 0.6) is 11.5 Å². The van der Waals surface area contributed by atoms with E-state index in [1.54, 1.807) is 24.4 Å². The minimum Gasteiger partial charge on any atom is -0.493 e. The minimum absolute atomic E-state index is 0.125. The summed E-state index contributed by atoms with van der Waals surface area (Å²) in [5, 5.41) is 5.70. The van der Waals surface area contributed by atoms with Crippen LogP contribution in [0.25, 0.3) is 11.1 Å². The van der Waals surface area contributed by atoms with Crippen LogP contribution in [0.1, 0.15) is 78.9 Å². The molecule has 5 N–H and O–H groups in total. The predicted octanol–water partition coefficient (Wildman–Crippen LogP) is 9.69. The van der Waals surface area contributed by atoms with Gasteiger partial charge in [0.05, 0.1) is 25.1 Å². The van der Waals surface area contributed by atoms with Gasteiger partial charge in [-0.3, -0.25) is 19.4 Å². The number of ether oxygens (including phenoxy) is 2. The zero-order chi connectivity index (χ0) is 39.3. The molecular formula is C45H51N5O5. The maximum Gasteiger partial charge on any atom is 0.272 e. The molecule has 10 heteroatoms. The number of nitrogens with two attached hydrogens (primary N) is 1. The molecule has 10 nitrogen and oxygen atoms in total. The second-order valence-electron chi connectivity index (χ2n) is 13.7. The van der Waals surface area contributed by atoms with E-state index in [1.165, 1.54) is 25.2 Å². The minimum atomic E-state index is -0.334. The van der Waals surface area contributed by atoms with Crippen LogP contribution in [0.15, 0.2) is 102 Å². The highest BCUT2D eigenvalue weighted by atomic mass is 16.5. The third-order valence-electron chi connectivity index (χ3n) is 9.80. The number of hydrogen-bond acceptors (Lipinski definition) is 7. The zero-order valence-corrected chi connectivity index (χ0v) is 32.3. The first kappa shape index (κ1) is 40.0. The lowest BCUT2D eigenvalue weighted by Crippen LogP contribution is -2.16. The molecule has 0 saturated carbocycles. The Kier molecular flexibility index (Phi) is 14.0. The fourth-order valence-corrected chi connectivity index (χ4v) is 6.30. The van der Waals surface area contributed by atoms with Crippen LogP contribution in [-0.4, -0.2) is 42.5 Å². The summed E-state index contributed by atoms with van der Waals surface area (Å²) in [6, 6.07) is 28.6. The highest BCUT2D eigenvalue weighted by Crippen LogP contribution is 2.36. The second kappa shape index (κ2) is 19.3. The van der Waals surface area contributed by atoms with Crippen molar-refractivity contribution in [2.45, 2.75) is 59.8 Å². The topological polar surface area (TPSA) is 148 Å². The molecule has 2 amide bonds. The number of methoxy groups -OCH3 is 1. The van der Waals surface area contributed by atoms with Crippen molar-refractivity contribution in [2.75, 3.05) is 30.1 Å². The number of nitrogens with zero attached hydrogens (tertiary/aromatic N) is 1. The third kappa shape index (κ3) is 10.9. The van der Waals surface area contributed by atoms with Crippen LogP contribution in [-0.2, 0) is 17.6 Å². The molecule has 0 bridgehead atoms. The van der Waals surface area contributed by atoms with Crippen molar-refractivity contribution in [3.05, 3.63) is 120 Å². The fourth-order valence-electron chi connectivity index (χ4n) is 6.30. The fraction of sp³-hybridized carbons (Fsp3) is 0.289. The van der Waals surface area contributed by atoms with Crippen molar-refractivity contribution in [3.8, 4) is 22.6 Å². The molecule has 0 aliphatic carbocycles. The van der Waals surface area contributed by atoms with Gasteiger partial charge in [-0.25, -0.2) is 0 Å². The van der Waals surface area contributed by atoms with E-state index in [0.29, 0.717) is 57.8 Å². The van der Waals surface area contributed by atoms with Gasteiger partial charge in [0.2, 0.25) is 5.91 Å². The number of nitrogen functional groups attached to an aromatic ring is 1. The lowest BCUT2D eigenvalue weighted by molar-refractivity contribution is -0.116. The number of hydrogen-bond donors (Lipinski definition) is 4. The lowest BCUT2D eigenvalue weighted by Gasteiger charge is -2.21. The maximum atomic E-state index is 12.9. The quantitative estimate of drug-likeness (QED) is 0.0304. The standard InChI is InChI=1S/C45H51N5O5/c1-6-29(3)35(23-34-12-9-8-11-31(34)7-2)27-47-40-26-43(42(54-5)25-39(40)30(4)51)55-22-10-13-44(52)49-38-24-41(48-28-38)45(53)50-37-20-16-33(17-21-37)32-14-18-36(46)19-15-32/h8-9,11-12,14-21,24-29,35,48H,6-7,10,13,22-23,46H2,1-5H3,(H,49,52)(H,50,53)/t29-,35?/m1/s1. The first-order chi connectivity index (χ1) is 26.6. The maximum absolute atomic E-state index is 12.9. The summed E-state index contributed by atoms with van der Waals surface area (Å²) in [6.45, 7) is 8.32. The molecule has 1 heterocycles.